The van der Waals surface area contributed by atoms with Crippen molar-refractivity contribution < 1.29 is 13.2 Å². The molecule has 0 spiro atoms. The number of anilines is 1. The van der Waals surface area contributed by atoms with Gasteiger partial charge in [0, 0.05) is 6.20 Å². The highest BCUT2D eigenvalue weighted by Gasteiger charge is 2.22. The number of sulfonamides is 1. The topological polar surface area (TPSA) is 88.2 Å². The predicted molar refractivity (Wildman–Crippen MR) is 82.0 cm³/mol. The number of rotatable bonds is 5. The lowest BCUT2D eigenvalue weighted by Gasteiger charge is -2.13. The number of nitrogens with one attached hydrogen (secondary N) is 2. The number of hydrogen-bond donors (Lipinski definition) is 2. The lowest BCUT2D eigenvalue weighted by atomic mass is 10.3. The lowest BCUT2D eigenvalue weighted by molar-refractivity contribution is -0.117. The van der Waals surface area contributed by atoms with Gasteiger partial charge in [-0.1, -0.05) is 17.7 Å². The zero-order valence-corrected chi connectivity index (χ0v) is 13.3. The average molecular weight is 346 g/mol. The minimum atomic E-state index is -3.69. The summed E-state index contributed by atoms with van der Waals surface area (Å²) in [7, 11) is -3.69. The first-order chi connectivity index (χ1) is 9.88. The Morgan fingerprint density at radius 2 is 2.14 bits per heavy atom. The number of hydrogen-bond acceptors (Lipinski definition) is 5. The van der Waals surface area contributed by atoms with Gasteiger partial charge in [-0.05, 0) is 30.5 Å². The number of carbonyl (C=O) groups excluding carboxylic acids is 1. The van der Waals surface area contributed by atoms with Crippen LogP contribution in [0.25, 0.3) is 0 Å². The van der Waals surface area contributed by atoms with Gasteiger partial charge < -0.3 is 5.32 Å². The Balaban J connectivity index is 2.01. The highest BCUT2D eigenvalue weighted by atomic mass is 35.5. The van der Waals surface area contributed by atoms with E-state index in [1.807, 2.05) is 0 Å². The summed E-state index contributed by atoms with van der Waals surface area (Å²) >= 11 is 6.77. The van der Waals surface area contributed by atoms with Crippen molar-refractivity contribution in [2.75, 3.05) is 5.32 Å². The lowest BCUT2D eigenvalue weighted by Crippen LogP contribution is -2.41. The third kappa shape index (κ3) is 4.24. The fourth-order valence-electron chi connectivity index (χ4n) is 1.44. The zero-order valence-electron chi connectivity index (χ0n) is 10.9. The van der Waals surface area contributed by atoms with E-state index in [4.69, 9.17) is 11.6 Å². The first-order valence-electron chi connectivity index (χ1n) is 5.87. The highest BCUT2D eigenvalue weighted by Crippen LogP contribution is 2.16. The molecule has 0 fully saturated rings. The van der Waals surface area contributed by atoms with Crippen molar-refractivity contribution in [3.8, 4) is 0 Å². The average Bonchev–Trinajstić information content (AvgIpc) is 2.95. The highest BCUT2D eigenvalue weighted by molar-refractivity contribution is 7.91. The molecule has 0 aromatic carbocycles. The quantitative estimate of drug-likeness (QED) is 0.868. The summed E-state index contributed by atoms with van der Waals surface area (Å²) in [5, 5.41) is 4.60. The van der Waals surface area contributed by atoms with Crippen LogP contribution in [0.4, 0.5) is 5.82 Å². The first kappa shape index (κ1) is 15.9. The van der Waals surface area contributed by atoms with Crippen molar-refractivity contribution in [3.05, 3.63) is 40.9 Å². The largest absolute Gasteiger partial charge is 0.309 e. The van der Waals surface area contributed by atoms with E-state index in [1.165, 1.54) is 25.3 Å². The predicted octanol–water partition coefficient (Wildman–Crippen LogP) is 2.10. The first-order valence-corrected chi connectivity index (χ1v) is 8.61. The molecule has 21 heavy (non-hydrogen) atoms. The van der Waals surface area contributed by atoms with Crippen molar-refractivity contribution in [3.63, 3.8) is 0 Å². The molecule has 2 aromatic heterocycles. The van der Waals surface area contributed by atoms with Crippen molar-refractivity contribution >= 4 is 44.7 Å². The summed E-state index contributed by atoms with van der Waals surface area (Å²) in [5.41, 5.74) is 0. The third-order valence-electron chi connectivity index (χ3n) is 2.46. The molecule has 2 N–H and O–H groups in total. The molecule has 1 atom stereocenters. The minimum absolute atomic E-state index is 0.159. The van der Waals surface area contributed by atoms with Crippen LogP contribution in [0, 0.1) is 0 Å². The molecule has 0 saturated heterocycles. The second kappa shape index (κ2) is 6.52. The molecule has 0 saturated carbocycles. The summed E-state index contributed by atoms with van der Waals surface area (Å²) in [6.07, 6.45) is 1.39. The SMILES string of the molecule is C[C@H](NS(=O)(=O)c1cccs1)C(=O)Nc1ccc(Cl)cn1. The maximum atomic E-state index is 12.0. The molecule has 1 amide bonds. The van der Waals surface area contributed by atoms with Gasteiger partial charge in [0.1, 0.15) is 10.0 Å². The van der Waals surface area contributed by atoms with Crippen LogP contribution in [-0.4, -0.2) is 25.4 Å². The van der Waals surface area contributed by atoms with E-state index in [1.54, 1.807) is 17.5 Å². The van der Waals surface area contributed by atoms with E-state index in [2.05, 4.69) is 15.0 Å². The van der Waals surface area contributed by atoms with Crippen LogP contribution >= 0.6 is 22.9 Å². The van der Waals surface area contributed by atoms with Crippen LogP contribution in [0.15, 0.2) is 40.1 Å². The van der Waals surface area contributed by atoms with Gasteiger partial charge in [0.15, 0.2) is 0 Å². The van der Waals surface area contributed by atoms with Crippen molar-refractivity contribution in [1.82, 2.24) is 9.71 Å². The second-order valence-electron chi connectivity index (χ2n) is 4.13. The maximum Gasteiger partial charge on any atom is 0.250 e. The molecule has 0 bridgehead atoms. The standard InChI is InChI=1S/C12H12ClN3O3S2/c1-8(16-21(18,19)11-3-2-6-20-11)12(17)15-10-5-4-9(13)7-14-10/h2-8,16H,1H3,(H,14,15,17)/t8-/m0/s1. The summed E-state index contributed by atoms with van der Waals surface area (Å²) in [6.45, 7) is 1.45. The van der Waals surface area contributed by atoms with Crippen LogP contribution in [-0.2, 0) is 14.8 Å². The molecule has 2 rings (SSSR count). The molecule has 2 heterocycles. The fraction of sp³-hybridized carbons (Fsp3) is 0.167. The number of halogens is 1. The summed E-state index contributed by atoms with van der Waals surface area (Å²) in [4.78, 5) is 15.8. The number of amides is 1. The van der Waals surface area contributed by atoms with Crippen LogP contribution < -0.4 is 10.0 Å². The van der Waals surface area contributed by atoms with Crippen LogP contribution in [0.5, 0.6) is 0 Å². The molecule has 112 valence electrons. The molecule has 6 nitrogen and oxygen atoms in total. The van der Waals surface area contributed by atoms with E-state index in [-0.39, 0.29) is 4.21 Å². The Labute approximate surface area is 131 Å². The Hall–Kier alpha value is -1.48. The van der Waals surface area contributed by atoms with E-state index in [0.717, 1.165) is 11.3 Å². The maximum absolute atomic E-state index is 12.0. The number of carbonyl (C=O) groups is 1. The molecule has 0 aliphatic rings. The van der Waals surface area contributed by atoms with Gasteiger partial charge in [0.05, 0.1) is 11.1 Å². The normalized spacial score (nSPS) is 12.9. The molecular formula is C12H12ClN3O3S2. The van der Waals surface area contributed by atoms with Gasteiger partial charge in [0.2, 0.25) is 5.91 Å². The number of nitrogens with zero attached hydrogens (tertiary/aromatic N) is 1. The number of thiophene rings is 1. The Kier molecular flexibility index (Phi) is 4.94. The second-order valence-corrected chi connectivity index (χ2v) is 7.45. The van der Waals surface area contributed by atoms with E-state index < -0.39 is 22.0 Å². The van der Waals surface area contributed by atoms with Crippen molar-refractivity contribution in [1.29, 1.82) is 0 Å². The molecular weight excluding hydrogens is 334 g/mol. The zero-order chi connectivity index (χ0) is 15.5. The number of aromatic nitrogens is 1. The van der Waals surface area contributed by atoms with E-state index in [9.17, 15) is 13.2 Å². The monoisotopic (exact) mass is 345 g/mol. The van der Waals surface area contributed by atoms with Gasteiger partial charge in [-0.3, -0.25) is 4.79 Å². The van der Waals surface area contributed by atoms with Crippen molar-refractivity contribution in [2.45, 2.75) is 17.2 Å². The molecule has 0 aliphatic carbocycles. The summed E-state index contributed by atoms with van der Waals surface area (Å²) in [5.74, 6) is -0.212. The van der Waals surface area contributed by atoms with Gasteiger partial charge >= 0.3 is 0 Å². The van der Waals surface area contributed by atoms with E-state index in [0.29, 0.717) is 10.8 Å². The minimum Gasteiger partial charge on any atom is -0.309 e. The fourth-order valence-corrected chi connectivity index (χ4v) is 3.77. The van der Waals surface area contributed by atoms with Crippen LogP contribution in [0.1, 0.15) is 6.92 Å². The third-order valence-corrected chi connectivity index (χ3v) is 5.63. The van der Waals surface area contributed by atoms with Gasteiger partial charge in [-0.25, -0.2) is 13.4 Å². The van der Waals surface area contributed by atoms with Gasteiger partial charge in [-0.15, -0.1) is 11.3 Å². The van der Waals surface area contributed by atoms with Crippen molar-refractivity contribution in [2.24, 2.45) is 0 Å². The van der Waals surface area contributed by atoms with Crippen LogP contribution in [0.3, 0.4) is 0 Å². The molecule has 2 aromatic rings. The Bertz CT molecular complexity index is 715. The summed E-state index contributed by atoms with van der Waals surface area (Å²) in [6, 6.07) is 5.26. The molecule has 0 radical (unpaired) electrons. The molecule has 9 heteroatoms. The Morgan fingerprint density at radius 3 is 2.71 bits per heavy atom. The van der Waals surface area contributed by atoms with Crippen LogP contribution in [0.2, 0.25) is 5.02 Å². The van der Waals surface area contributed by atoms with Gasteiger partial charge in [0.25, 0.3) is 10.0 Å². The van der Waals surface area contributed by atoms with E-state index >= 15 is 0 Å². The summed E-state index contributed by atoms with van der Waals surface area (Å²) < 4.78 is 26.4. The smallest absolute Gasteiger partial charge is 0.250 e. The Morgan fingerprint density at radius 1 is 1.38 bits per heavy atom. The van der Waals surface area contributed by atoms with Gasteiger partial charge in [-0.2, -0.15) is 4.72 Å². The number of pyridine rings is 1. The molecule has 0 unspecified atom stereocenters. The molecule has 0 aliphatic heterocycles.